The van der Waals surface area contributed by atoms with Crippen molar-refractivity contribution in [2.24, 2.45) is 0 Å². The number of aromatic nitrogens is 4. The SMILES string of the molecule is C.COCc1[nH]nc(C(=O)O)c1Cl.COCc1cc(C(=O)O)n[nH]1.[2H]CC. The van der Waals surface area contributed by atoms with Crippen LogP contribution in [0.5, 0.6) is 0 Å². The van der Waals surface area contributed by atoms with Gasteiger partial charge in [0.05, 0.1) is 29.6 Å². The van der Waals surface area contributed by atoms with E-state index in [0.717, 1.165) is 0 Å². The van der Waals surface area contributed by atoms with E-state index in [2.05, 4.69) is 20.4 Å². The first-order chi connectivity index (χ1) is 12.3. The van der Waals surface area contributed by atoms with Gasteiger partial charge in [0, 0.05) is 15.6 Å². The fourth-order valence-electron chi connectivity index (χ4n) is 1.45. The first kappa shape index (κ1) is 23.6. The largest absolute Gasteiger partial charge is 0.476 e. The highest BCUT2D eigenvalue weighted by atomic mass is 35.5. The van der Waals surface area contributed by atoms with E-state index in [1.807, 2.05) is 0 Å². The molecule has 0 atom stereocenters. The number of hydrogen-bond acceptors (Lipinski definition) is 6. The van der Waals surface area contributed by atoms with Gasteiger partial charge in [0.15, 0.2) is 11.4 Å². The fraction of sp³-hybridized carbons (Fsp3) is 0.467. The molecule has 2 aromatic heterocycles. The summed E-state index contributed by atoms with van der Waals surface area (Å²) in [6.45, 7) is 2.86. The second kappa shape index (κ2) is 13.8. The number of carbonyl (C=O) groups is 2. The number of ether oxygens (including phenoxy) is 2. The number of H-pyrrole nitrogens is 2. The van der Waals surface area contributed by atoms with E-state index in [4.69, 9.17) is 32.7 Å². The molecule has 2 aromatic rings. The normalized spacial score (nSPS) is 9.62. The van der Waals surface area contributed by atoms with Crippen LogP contribution in [0.25, 0.3) is 0 Å². The minimum Gasteiger partial charge on any atom is -0.476 e. The van der Waals surface area contributed by atoms with Gasteiger partial charge in [-0.1, -0.05) is 32.9 Å². The Bertz CT molecular complexity index is 692. The Morgan fingerprint density at radius 3 is 2.15 bits per heavy atom. The maximum Gasteiger partial charge on any atom is 0.357 e. The molecule has 0 fully saturated rings. The summed E-state index contributed by atoms with van der Waals surface area (Å²) in [5.41, 5.74) is 0.960. The number of carboxylic acids is 2. The maximum absolute atomic E-state index is 10.4. The predicted molar refractivity (Wildman–Crippen MR) is 95.6 cm³/mol. The van der Waals surface area contributed by atoms with Crippen molar-refractivity contribution >= 4 is 23.5 Å². The van der Waals surface area contributed by atoms with E-state index in [0.29, 0.717) is 24.9 Å². The molecule has 10 nitrogen and oxygen atoms in total. The quantitative estimate of drug-likeness (QED) is 0.584. The van der Waals surface area contributed by atoms with Crippen LogP contribution >= 0.6 is 11.6 Å². The number of nitrogens with one attached hydrogen (secondary N) is 2. The third-order valence-corrected chi connectivity index (χ3v) is 2.82. The van der Waals surface area contributed by atoms with E-state index < -0.39 is 11.9 Å². The number of nitrogens with zero attached hydrogens (tertiary/aromatic N) is 2. The lowest BCUT2D eigenvalue weighted by molar-refractivity contribution is 0.0679. The zero-order valence-corrected chi connectivity index (χ0v) is 14.8. The number of carboxylic acid groups (broad SMARTS) is 2. The van der Waals surface area contributed by atoms with E-state index >= 15 is 0 Å². The van der Waals surface area contributed by atoms with Crippen molar-refractivity contribution in [3.63, 3.8) is 0 Å². The summed E-state index contributed by atoms with van der Waals surface area (Å²) in [4.78, 5) is 20.7. The molecule has 148 valence electrons. The van der Waals surface area contributed by atoms with E-state index in [9.17, 15) is 9.59 Å². The van der Waals surface area contributed by atoms with E-state index in [1.54, 1.807) is 6.92 Å². The molecule has 0 aliphatic carbocycles. The van der Waals surface area contributed by atoms with Crippen molar-refractivity contribution in [1.29, 1.82) is 0 Å². The van der Waals surface area contributed by atoms with Gasteiger partial charge in [-0.05, 0) is 6.07 Å². The van der Waals surface area contributed by atoms with Crippen molar-refractivity contribution < 1.29 is 30.6 Å². The number of halogens is 1. The minimum absolute atomic E-state index is 0. The zero-order valence-electron chi connectivity index (χ0n) is 15.0. The maximum atomic E-state index is 10.4. The summed E-state index contributed by atoms with van der Waals surface area (Å²) >= 11 is 5.64. The van der Waals surface area contributed by atoms with Gasteiger partial charge in [-0.3, -0.25) is 10.2 Å². The molecule has 0 saturated carbocycles. The third-order valence-electron chi connectivity index (χ3n) is 2.42. The van der Waals surface area contributed by atoms with Crippen LogP contribution in [0.1, 0.15) is 55.0 Å². The monoisotopic (exact) mass is 393 g/mol. The first-order valence-electron chi connectivity index (χ1n) is 7.53. The van der Waals surface area contributed by atoms with Crippen LogP contribution in [0.2, 0.25) is 5.02 Å². The first-order valence-corrected chi connectivity index (χ1v) is 7.20. The van der Waals surface area contributed by atoms with Gasteiger partial charge in [-0.25, -0.2) is 9.59 Å². The summed E-state index contributed by atoms with van der Waals surface area (Å²) < 4.78 is 15.7. The average molecular weight is 394 g/mol. The third kappa shape index (κ3) is 8.10. The highest BCUT2D eigenvalue weighted by Crippen LogP contribution is 2.18. The minimum atomic E-state index is -1.15. The van der Waals surface area contributed by atoms with Crippen LogP contribution in [0.4, 0.5) is 0 Å². The Kier molecular flexibility index (Phi) is 12.5. The van der Waals surface area contributed by atoms with Crippen molar-refractivity contribution in [3.8, 4) is 0 Å². The van der Waals surface area contributed by atoms with Gasteiger partial charge in [0.25, 0.3) is 0 Å². The molecular weight excluding hydrogens is 368 g/mol. The van der Waals surface area contributed by atoms with E-state index in [1.165, 1.54) is 20.3 Å². The predicted octanol–water partition coefficient (Wildman–Crippen LogP) is 2.82. The molecule has 4 N–H and O–H groups in total. The molecule has 26 heavy (non-hydrogen) atoms. The van der Waals surface area contributed by atoms with Crippen LogP contribution in [0.15, 0.2) is 6.07 Å². The number of hydrogen-bond donors (Lipinski definition) is 4. The average Bonchev–Trinajstić information content (AvgIpc) is 3.17. The molecule has 0 bridgehead atoms. The van der Waals surface area contributed by atoms with Crippen molar-refractivity contribution in [2.45, 2.75) is 34.5 Å². The summed E-state index contributed by atoms with van der Waals surface area (Å²) in [7, 11) is 3.01. The molecule has 0 amide bonds. The number of aromatic amines is 2. The fourth-order valence-corrected chi connectivity index (χ4v) is 1.67. The summed E-state index contributed by atoms with van der Waals surface area (Å²) in [5, 5.41) is 29.1. The molecule has 11 heteroatoms. The van der Waals surface area contributed by atoms with Gasteiger partial charge < -0.3 is 19.7 Å². The van der Waals surface area contributed by atoms with Crippen LogP contribution in [-0.2, 0) is 22.7 Å². The van der Waals surface area contributed by atoms with Gasteiger partial charge >= 0.3 is 11.9 Å². The second-order valence-corrected chi connectivity index (χ2v) is 4.50. The van der Waals surface area contributed by atoms with E-state index in [-0.39, 0.29) is 30.4 Å². The molecule has 0 spiro atoms. The lowest BCUT2D eigenvalue weighted by atomic mass is 10.3. The number of aromatic carboxylic acids is 2. The number of rotatable bonds is 6. The molecule has 2 heterocycles. The smallest absolute Gasteiger partial charge is 0.357 e. The number of methoxy groups -OCH3 is 2. The van der Waals surface area contributed by atoms with Crippen LogP contribution < -0.4 is 0 Å². The molecule has 0 aliphatic heterocycles. The van der Waals surface area contributed by atoms with Crippen molar-refractivity contribution in [1.82, 2.24) is 20.4 Å². The molecule has 0 unspecified atom stereocenters. The van der Waals surface area contributed by atoms with Gasteiger partial charge in [-0.15, -0.1) is 0 Å². The lowest BCUT2D eigenvalue weighted by Gasteiger charge is -1.93. The summed E-state index contributed by atoms with van der Waals surface area (Å²) in [6.07, 6.45) is 0. The summed E-state index contributed by atoms with van der Waals surface area (Å²) in [5.74, 6) is -2.19. The summed E-state index contributed by atoms with van der Waals surface area (Å²) in [6, 6.07) is 1.44. The highest BCUT2D eigenvalue weighted by Gasteiger charge is 2.16. The topological polar surface area (TPSA) is 150 Å². The van der Waals surface area contributed by atoms with Crippen molar-refractivity contribution in [2.75, 3.05) is 14.2 Å². The Balaban J connectivity index is 0. The highest BCUT2D eigenvalue weighted by molar-refractivity contribution is 6.33. The Hall–Kier alpha value is -2.43. The van der Waals surface area contributed by atoms with Crippen molar-refractivity contribution in [3.05, 3.63) is 33.9 Å². The van der Waals surface area contributed by atoms with Gasteiger partial charge in [0.2, 0.25) is 0 Å². The molecule has 0 aliphatic rings. The Morgan fingerprint density at radius 1 is 1.19 bits per heavy atom. The standard InChI is InChI=1S/C6H7ClN2O3.C6H8N2O3.C2H6.CH4/c1-12-2-3-4(7)5(6(10)11)9-8-3;1-11-3-4-2-5(6(9)10)8-7-4;1-2;/h2H2,1H3,(H,8,9)(H,10,11);2H,3H2,1H3,(H,7,8)(H,9,10);1-2H3;1H4/i;;1D;. The molecule has 0 radical (unpaired) electrons. The van der Waals surface area contributed by atoms with Crippen LogP contribution in [0.3, 0.4) is 0 Å². The molecule has 2 rings (SSSR count). The van der Waals surface area contributed by atoms with Gasteiger partial charge in [-0.2, -0.15) is 10.2 Å². The lowest BCUT2D eigenvalue weighted by Crippen LogP contribution is -1.97. The molecule has 0 aromatic carbocycles. The Morgan fingerprint density at radius 2 is 1.77 bits per heavy atom. The molecule has 0 saturated heterocycles. The zero-order chi connectivity index (χ0) is 20.1. The second-order valence-electron chi connectivity index (χ2n) is 4.12. The molecular formula is C15H25ClN4O6. The Labute approximate surface area is 157 Å². The van der Waals surface area contributed by atoms with Gasteiger partial charge in [0.1, 0.15) is 0 Å². The van der Waals surface area contributed by atoms with Crippen LogP contribution in [0, 0.1) is 0 Å². The van der Waals surface area contributed by atoms with Crippen LogP contribution in [-0.4, -0.2) is 56.8 Å².